The molecule has 0 aromatic carbocycles. The summed E-state index contributed by atoms with van der Waals surface area (Å²) in [6.07, 6.45) is 2.26. The summed E-state index contributed by atoms with van der Waals surface area (Å²) >= 11 is 0. The molecule has 1 fully saturated rings. The lowest BCUT2D eigenvalue weighted by Gasteiger charge is -2.34. The number of carbonyl (C=O) groups excluding carboxylic acids is 2. The van der Waals surface area contributed by atoms with Crippen molar-refractivity contribution in [2.75, 3.05) is 46.3 Å². The topological polar surface area (TPSA) is 86.3 Å². The van der Waals surface area contributed by atoms with Gasteiger partial charge in [-0.25, -0.2) is 4.79 Å². The maximum atomic E-state index is 12.2. The number of halogens is 1. The third-order valence-corrected chi connectivity index (χ3v) is 4.67. The van der Waals surface area contributed by atoms with Crippen molar-refractivity contribution in [1.29, 1.82) is 0 Å². The number of aliphatic imine (C=N–C) groups is 1. The van der Waals surface area contributed by atoms with E-state index in [4.69, 9.17) is 9.73 Å². The van der Waals surface area contributed by atoms with Gasteiger partial charge in [-0.05, 0) is 53.4 Å². The molecule has 1 heterocycles. The molecule has 0 atom stereocenters. The second-order valence-electron chi connectivity index (χ2n) is 8.10. The molecule has 0 saturated carbocycles. The third kappa shape index (κ3) is 10.9. The molecule has 1 aliphatic heterocycles. The van der Waals surface area contributed by atoms with Crippen LogP contribution in [0.4, 0.5) is 4.79 Å². The monoisotopic (exact) mass is 525 g/mol. The van der Waals surface area contributed by atoms with E-state index < -0.39 is 5.60 Å². The number of hydrogen-bond acceptors (Lipinski definition) is 4. The first-order valence-corrected chi connectivity index (χ1v) is 10.4. The molecule has 0 aliphatic carbocycles. The van der Waals surface area contributed by atoms with Crippen molar-refractivity contribution >= 4 is 41.9 Å². The normalized spacial score (nSPS) is 15.4. The third-order valence-electron chi connectivity index (χ3n) is 4.67. The summed E-state index contributed by atoms with van der Waals surface area (Å²) in [6, 6.07) is 0. The van der Waals surface area contributed by atoms with Crippen LogP contribution in [0.25, 0.3) is 0 Å². The van der Waals surface area contributed by atoms with Crippen LogP contribution in [0.2, 0.25) is 0 Å². The number of likely N-dealkylation sites (N-methyl/N-ethyl adjacent to an activating group) is 1. The van der Waals surface area contributed by atoms with Crippen LogP contribution in [0.15, 0.2) is 4.99 Å². The summed E-state index contributed by atoms with van der Waals surface area (Å²) in [7, 11) is 1.68. The minimum Gasteiger partial charge on any atom is -0.444 e. The first-order chi connectivity index (χ1) is 13.2. The number of hydrogen-bond donors (Lipinski definition) is 2. The minimum absolute atomic E-state index is 0. The number of piperidine rings is 1. The van der Waals surface area contributed by atoms with E-state index in [0.29, 0.717) is 32.0 Å². The van der Waals surface area contributed by atoms with Crippen LogP contribution in [0.5, 0.6) is 0 Å². The van der Waals surface area contributed by atoms with Crippen molar-refractivity contribution in [2.24, 2.45) is 10.9 Å². The highest BCUT2D eigenvalue weighted by Gasteiger charge is 2.24. The minimum atomic E-state index is -0.498. The van der Waals surface area contributed by atoms with Gasteiger partial charge in [0.05, 0.1) is 6.54 Å². The summed E-state index contributed by atoms with van der Waals surface area (Å²) < 4.78 is 5.44. The summed E-state index contributed by atoms with van der Waals surface area (Å²) in [6.45, 7) is 13.8. The van der Waals surface area contributed by atoms with E-state index in [0.717, 1.165) is 38.4 Å². The smallest absolute Gasteiger partial charge is 0.410 e. The molecule has 8 nitrogen and oxygen atoms in total. The fourth-order valence-corrected chi connectivity index (χ4v) is 3.12. The highest BCUT2D eigenvalue weighted by molar-refractivity contribution is 14.0. The number of ether oxygens (including phenoxy) is 1. The van der Waals surface area contributed by atoms with Crippen molar-refractivity contribution < 1.29 is 14.3 Å². The Labute approximate surface area is 193 Å². The second kappa shape index (κ2) is 13.9. The summed E-state index contributed by atoms with van der Waals surface area (Å²) in [5.74, 6) is 1.42. The lowest BCUT2D eigenvalue weighted by Crippen LogP contribution is -2.46. The Morgan fingerprint density at radius 2 is 1.83 bits per heavy atom. The van der Waals surface area contributed by atoms with Gasteiger partial charge in [0.15, 0.2) is 5.96 Å². The molecule has 29 heavy (non-hydrogen) atoms. The molecule has 0 bridgehead atoms. The molecule has 2 amide bonds. The number of rotatable bonds is 7. The van der Waals surface area contributed by atoms with E-state index in [1.54, 1.807) is 11.9 Å². The molecule has 170 valence electrons. The van der Waals surface area contributed by atoms with Gasteiger partial charge >= 0.3 is 6.09 Å². The molecule has 1 rings (SSSR count). The number of carbonyl (C=O) groups is 2. The molecule has 0 unspecified atom stereocenters. The Kier molecular flexibility index (Phi) is 13.3. The Bertz CT molecular complexity index is 529. The molecule has 0 radical (unpaired) electrons. The fourth-order valence-electron chi connectivity index (χ4n) is 3.12. The van der Waals surface area contributed by atoms with Crippen molar-refractivity contribution in [3.63, 3.8) is 0 Å². The number of likely N-dealkylation sites (tertiary alicyclic amines) is 1. The predicted octanol–water partition coefficient (Wildman–Crippen LogP) is 2.68. The predicted molar refractivity (Wildman–Crippen MR) is 128 cm³/mol. The SMILES string of the molecule is CCNC(=NCCN(CC)C(=O)OC(C)(C)C)N1CCC(CC(=O)NC)CC1.I. The molecular formula is C20H40IN5O3. The highest BCUT2D eigenvalue weighted by atomic mass is 127. The van der Waals surface area contributed by atoms with Crippen molar-refractivity contribution in [2.45, 2.75) is 59.5 Å². The second-order valence-corrected chi connectivity index (χ2v) is 8.10. The van der Waals surface area contributed by atoms with Crippen LogP contribution in [0, 0.1) is 5.92 Å². The van der Waals surface area contributed by atoms with E-state index in [9.17, 15) is 9.59 Å². The molecule has 1 saturated heterocycles. The summed E-state index contributed by atoms with van der Waals surface area (Å²) in [5, 5.41) is 6.04. The zero-order chi connectivity index (χ0) is 21.2. The van der Waals surface area contributed by atoms with E-state index >= 15 is 0 Å². The van der Waals surface area contributed by atoms with Gasteiger partial charge in [-0.1, -0.05) is 0 Å². The molecule has 1 aliphatic rings. The Balaban J connectivity index is 0.00000784. The number of amides is 2. The zero-order valence-electron chi connectivity index (χ0n) is 18.9. The first-order valence-electron chi connectivity index (χ1n) is 10.4. The van der Waals surface area contributed by atoms with Gasteiger partial charge in [0.25, 0.3) is 0 Å². The van der Waals surface area contributed by atoms with Gasteiger partial charge in [0, 0.05) is 46.2 Å². The Morgan fingerprint density at radius 3 is 2.31 bits per heavy atom. The molecule has 2 N–H and O–H groups in total. The first kappa shape index (κ1) is 27.7. The number of guanidine groups is 1. The van der Waals surface area contributed by atoms with Crippen molar-refractivity contribution in [3.8, 4) is 0 Å². The van der Waals surface area contributed by atoms with E-state index in [1.807, 2.05) is 34.6 Å². The van der Waals surface area contributed by atoms with Crippen molar-refractivity contribution in [1.82, 2.24) is 20.4 Å². The lowest BCUT2D eigenvalue weighted by molar-refractivity contribution is -0.121. The van der Waals surface area contributed by atoms with Crippen LogP contribution >= 0.6 is 24.0 Å². The highest BCUT2D eigenvalue weighted by Crippen LogP contribution is 2.20. The van der Waals surface area contributed by atoms with Crippen LogP contribution in [0.3, 0.4) is 0 Å². The van der Waals surface area contributed by atoms with Gasteiger partial charge in [0.2, 0.25) is 5.91 Å². The van der Waals surface area contributed by atoms with Gasteiger partial charge in [-0.15, -0.1) is 24.0 Å². The number of nitrogens with zero attached hydrogens (tertiary/aromatic N) is 3. The van der Waals surface area contributed by atoms with Crippen LogP contribution < -0.4 is 10.6 Å². The quantitative estimate of drug-likeness (QED) is 0.303. The molecule has 0 aromatic heterocycles. The Morgan fingerprint density at radius 1 is 1.21 bits per heavy atom. The zero-order valence-corrected chi connectivity index (χ0v) is 21.2. The standard InChI is InChI=1S/C20H39N5O3.HI/c1-7-22-18(25-12-9-16(10-13-25)15-17(26)21-6)23-11-14-24(8-2)19(27)28-20(3,4)5;/h16H,7-15H2,1-6H3,(H,21,26)(H,22,23);1H. The number of nitrogens with one attached hydrogen (secondary N) is 2. The fraction of sp³-hybridized carbons (Fsp3) is 0.850. The average Bonchev–Trinajstić information content (AvgIpc) is 2.63. The van der Waals surface area contributed by atoms with Gasteiger partial charge in [0.1, 0.15) is 5.60 Å². The van der Waals surface area contributed by atoms with Gasteiger partial charge < -0.3 is 25.2 Å². The molecular weight excluding hydrogens is 485 g/mol. The van der Waals surface area contributed by atoms with Gasteiger partial charge in [-0.3, -0.25) is 9.79 Å². The average molecular weight is 525 g/mol. The molecule has 0 aromatic rings. The van der Waals surface area contributed by atoms with Crippen LogP contribution in [-0.4, -0.2) is 79.7 Å². The maximum Gasteiger partial charge on any atom is 0.410 e. The van der Waals surface area contributed by atoms with E-state index in [-0.39, 0.29) is 36.0 Å². The lowest BCUT2D eigenvalue weighted by atomic mass is 9.93. The molecule has 0 spiro atoms. The molecule has 9 heteroatoms. The maximum absolute atomic E-state index is 12.2. The van der Waals surface area contributed by atoms with E-state index in [2.05, 4.69) is 15.5 Å². The summed E-state index contributed by atoms with van der Waals surface area (Å²) in [5.41, 5.74) is -0.498. The largest absolute Gasteiger partial charge is 0.444 e. The van der Waals surface area contributed by atoms with Gasteiger partial charge in [-0.2, -0.15) is 0 Å². The van der Waals surface area contributed by atoms with Crippen LogP contribution in [0.1, 0.15) is 53.9 Å². The van der Waals surface area contributed by atoms with Crippen LogP contribution in [-0.2, 0) is 9.53 Å². The van der Waals surface area contributed by atoms with E-state index in [1.165, 1.54) is 0 Å². The summed E-state index contributed by atoms with van der Waals surface area (Å²) in [4.78, 5) is 32.4. The van der Waals surface area contributed by atoms with Crippen molar-refractivity contribution in [3.05, 3.63) is 0 Å². The Hall–Kier alpha value is -1.26.